The van der Waals surface area contributed by atoms with Gasteiger partial charge >= 0.3 is 0 Å². The molecular formula is C19H23N3OS. The SMILES string of the molecule is CCOc1ccc(NC(=S)N2CCCC[C@@H]2c2cccnc2)cc1. The third-order valence-corrected chi connectivity index (χ3v) is 4.59. The van der Waals surface area contributed by atoms with Crippen LogP contribution in [0.4, 0.5) is 5.69 Å². The summed E-state index contributed by atoms with van der Waals surface area (Å²) in [6.07, 6.45) is 7.26. The van der Waals surface area contributed by atoms with Crippen LogP contribution in [0.15, 0.2) is 48.8 Å². The van der Waals surface area contributed by atoms with E-state index in [-0.39, 0.29) is 0 Å². The van der Waals surface area contributed by atoms with E-state index in [9.17, 15) is 0 Å². The van der Waals surface area contributed by atoms with Gasteiger partial charge in [-0.15, -0.1) is 0 Å². The van der Waals surface area contributed by atoms with E-state index in [1.54, 1.807) is 0 Å². The molecule has 0 saturated carbocycles. The van der Waals surface area contributed by atoms with Gasteiger partial charge in [0.15, 0.2) is 5.11 Å². The molecular weight excluding hydrogens is 318 g/mol. The van der Waals surface area contributed by atoms with Crippen LogP contribution >= 0.6 is 12.2 Å². The molecule has 5 heteroatoms. The van der Waals surface area contributed by atoms with Crippen LogP contribution in [0.5, 0.6) is 5.75 Å². The first kappa shape index (κ1) is 16.7. The lowest BCUT2D eigenvalue weighted by molar-refractivity contribution is 0.248. The van der Waals surface area contributed by atoms with Crippen LogP contribution in [0.25, 0.3) is 0 Å². The number of nitrogens with one attached hydrogen (secondary N) is 1. The van der Waals surface area contributed by atoms with Crippen molar-refractivity contribution in [2.75, 3.05) is 18.5 Å². The van der Waals surface area contributed by atoms with Crippen LogP contribution in [0.3, 0.4) is 0 Å². The van der Waals surface area contributed by atoms with E-state index in [0.29, 0.717) is 12.6 Å². The molecule has 1 aliphatic rings. The van der Waals surface area contributed by atoms with Gasteiger partial charge in [0.2, 0.25) is 0 Å². The van der Waals surface area contributed by atoms with Crippen LogP contribution in [0.1, 0.15) is 37.8 Å². The molecule has 0 amide bonds. The fraction of sp³-hybridized carbons (Fsp3) is 0.368. The maximum atomic E-state index is 5.68. The highest BCUT2D eigenvalue weighted by molar-refractivity contribution is 7.80. The Hall–Kier alpha value is -2.14. The number of nitrogens with zero attached hydrogens (tertiary/aromatic N) is 2. The number of rotatable bonds is 4. The molecule has 1 atom stereocenters. The monoisotopic (exact) mass is 341 g/mol. The Balaban J connectivity index is 1.70. The van der Waals surface area contributed by atoms with Crippen molar-refractivity contribution >= 4 is 23.0 Å². The zero-order valence-electron chi connectivity index (χ0n) is 13.9. The van der Waals surface area contributed by atoms with E-state index in [1.807, 2.05) is 49.6 Å². The number of aromatic nitrogens is 1. The average molecular weight is 341 g/mol. The lowest BCUT2D eigenvalue weighted by atomic mass is 9.97. The predicted octanol–water partition coefficient (Wildman–Crippen LogP) is 4.40. The summed E-state index contributed by atoms with van der Waals surface area (Å²) in [5.74, 6) is 0.875. The van der Waals surface area contributed by atoms with Gasteiger partial charge in [-0.3, -0.25) is 4.98 Å². The van der Waals surface area contributed by atoms with Gasteiger partial charge in [0.1, 0.15) is 5.75 Å². The zero-order valence-corrected chi connectivity index (χ0v) is 14.8. The van der Waals surface area contributed by atoms with Crippen molar-refractivity contribution in [3.05, 3.63) is 54.4 Å². The molecule has 1 saturated heterocycles. The number of thiocarbonyl (C=S) groups is 1. The molecule has 1 aromatic heterocycles. The summed E-state index contributed by atoms with van der Waals surface area (Å²) in [5, 5.41) is 4.13. The Bertz CT molecular complexity index is 660. The summed E-state index contributed by atoms with van der Waals surface area (Å²) in [6.45, 7) is 3.63. The molecule has 1 aliphatic heterocycles. The third-order valence-electron chi connectivity index (χ3n) is 4.25. The molecule has 24 heavy (non-hydrogen) atoms. The second-order valence-electron chi connectivity index (χ2n) is 5.88. The standard InChI is InChI=1S/C19H23N3OS/c1-2-23-17-10-8-16(9-11-17)21-19(24)22-13-4-3-7-18(22)15-6-5-12-20-14-15/h5-6,8-12,14,18H,2-4,7,13H2,1H3,(H,21,24)/t18-/m1/s1. The first-order chi connectivity index (χ1) is 11.8. The van der Waals surface area contributed by atoms with Gasteiger partial charge in [-0.2, -0.15) is 0 Å². The largest absolute Gasteiger partial charge is 0.494 e. The summed E-state index contributed by atoms with van der Waals surface area (Å²) in [5.41, 5.74) is 2.21. The Morgan fingerprint density at radius 3 is 2.83 bits per heavy atom. The van der Waals surface area contributed by atoms with Crippen molar-refractivity contribution in [1.29, 1.82) is 0 Å². The lowest BCUT2D eigenvalue weighted by Crippen LogP contribution is -2.41. The third kappa shape index (κ3) is 4.03. The highest BCUT2D eigenvalue weighted by Crippen LogP contribution is 2.31. The zero-order chi connectivity index (χ0) is 16.8. The van der Waals surface area contributed by atoms with Gasteiger partial charge in [0, 0.05) is 24.6 Å². The average Bonchev–Trinajstić information content (AvgIpc) is 2.64. The normalized spacial score (nSPS) is 17.4. The van der Waals surface area contributed by atoms with E-state index < -0.39 is 0 Å². The topological polar surface area (TPSA) is 37.4 Å². The van der Waals surface area contributed by atoms with Crippen molar-refractivity contribution in [2.24, 2.45) is 0 Å². The quantitative estimate of drug-likeness (QED) is 0.834. The van der Waals surface area contributed by atoms with Gasteiger partial charge in [-0.1, -0.05) is 6.07 Å². The minimum atomic E-state index is 0.301. The van der Waals surface area contributed by atoms with E-state index >= 15 is 0 Å². The molecule has 126 valence electrons. The molecule has 2 aromatic rings. The second kappa shape index (κ2) is 8.11. The number of hydrogen-bond donors (Lipinski definition) is 1. The van der Waals surface area contributed by atoms with Crippen LogP contribution in [0.2, 0.25) is 0 Å². The van der Waals surface area contributed by atoms with Crippen LogP contribution in [-0.2, 0) is 0 Å². The maximum absolute atomic E-state index is 5.68. The fourth-order valence-corrected chi connectivity index (χ4v) is 3.43. The van der Waals surface area contributed by atoms with E-state index in [1.165, 1.54) is 18.4 Å². The molecule has 0 radical (unpaired) electrons. The Morgan fingerprint density at radius 1 is 1.29 bits per heavy atom. The van der Waals surface area contributed by atoms with Crippen molar-refractivity contribution in [1.82, 2.24) is 9.88 Å². The van der Waals surface area contributed by atoms with Crippen LogP contribution in [0, 0.1) is 0 Å². The Kier molecular flexibility index (Phi) is 5.64. The van der Waals surface area contributed by atoms with E-state index in [4.69, 9.17) is 17.0 Å². The molecule has 3 rings (SSSR count). The van der Waals surface area contributed by atoms with Crippen LogP contribution < -0.4 is 10.1 Å². The fourth-order valence-electron chi connectivity index (χ4n) is 3.09. The summed E-state index contributed by atoms with van der Waals surface area (Å²) in [7, 11) is 0. The predicted molar refractivity (Wildman–Crippen MR) is 101 cm³/mol. The molecule has 1 N–H and O–H groups in total. The number of anilines is 1. The molecule has 0 spiro atoms. The van der Waals surface area contributed by atoms with Crippen molar-refractivity contribution in [2.45, 2.75) is 32.2 Å². The number of piperidine rings is 1. The minimum absolute atomic E-state index is 0.301. The molecule has 1 aromatic carbocycles. The van der Waals surface area contributed by atoms with Crippen molar-refractivity contribution in [3.63, 3.8) is 0 Å². The highest BCUT2D eigenvalue weighted by atomic mass is 32.1. The molecule has 0 aliphatic carbocycles. The van der Waals surface area contributed by atoms with Crippen molar-refractivity contribution < 1.29 is 4.74 Å². The number of pyridine rings is 1. The van der Waals surface area contributed by atoms with Gasteiger partial charge in [-0.25, -0.2) is 0 Å². The van der Waals surface area contributed by atoms with E-state index in [0.717, 1.165) is 29.5 Å². The van der Waals surface area contributed by atoms with Gasteiger partial charge in [-0.05, 0) is 74.3 Å². The number of hydrogen-bond acceptors (Lipinski definition) is 3. The van der Waals surface area contributed by atoms with Gasteiger partial charge in [0.05, 0.1) is 12.6 Å². The minimum Gasteiger partial charge on any atom is -0.494 e. The van der Waals surface area contributed by atoms with Crippen molar-refractivity contribution in [3.8, 4) is 5.75 Å². The first-order valence-corrected chi connectivity index (χ1v) is 8.89. The molecule has 0 unspecified atom stereocenters. The Labute approximate surface area is 148 Å². The smallest absolute Gasteiger partial charge is 0.173 e. The number of likely N-dealkylation sites (tertiary alicyclic amines) is 1. The van der Waals surface area contributed by atoms with Gasteiger partial charge in [0.25, 0.3) is 0 Å². The number of benzene rings is 1. The van der Waals surface area contributed by atoms with Gasteiger partial charge < -0.3 is 15.0 Å². The maximum Gasteiger partial charge on any atom is 0.173 e. The van der Waals surface area contributed by atoms with Crippen LogP contribution in [-0.4, -0.2) is 28.1 Å². The second-order valence-corrected chi connectivity index (χ2v) is 6.27. The first-order valence-electron chi connectivity index (χ1n) is 8.48. The van der Waals surface area contributed by atoms with E-state index in [2.05, 4.69) is 21.3 Å². The molecule has 0 bridgehead atoms. The number of ether oxygens (including phenoxy) is 1. The highest BCUT2D eigenvalue weighted by Gasteiger charge is 2.26. The summed E-state index contributed by atoms with van der Waals surface area (Å²) in [6, 6.07) is 12.4. The molecule has 1 fully saturated rings. The molecule has 2 heterocycles. The summed E-state index contributed by atoms with van der Waals surface area (Å²) < 4.78 is 5.48. The Morgan fingerprint density at radius 2 is 2.12 bits per heavy atom. The summed E-state index contributed by atoms with van der Waals surface area (Å²) in [4.78, 5) is 6.54. The lowest BCUT2D eigenvalue weighted by Gasteiger charge is -2.37. The molecule has 4 nitrogen and oxygen atoms in total. The summed E-state index contributed by atoms with van der Waals surface area (Å²) >= 11 is 5.68.